The van der Waals surface area contributed by atoms with Gasteiger partial charge in [-0.25, -0.2) is 19.9 Å². The van der Waals surface area contributed by atoms with E-state index in [1.54, 1.807) is 30.5 Å². The number of ether oxygens (including phenoxy) is 1. The first-order valence-electron chi connectivity index (χ1n) is 6.82. The number of methoxy groups -OCH3 is 1. The lowest BCUT2D eigenvalue weighted by Crippen LogP contribution is -2.03. The lowest BCUT2D eigenvalue weighted by molar-refractivity contribution is 0.397. The summed E-state index contributed by atoms with van der Waals surface area (Å²) in [5, 5.41) is 5.10. The van der Waals surface area contributed by atoms with Crippen LogP contribution >= 0.6 is 0 Å². The third-order valence-electron chi connectivity index (χ3n) is 3.70. The van der Waals surface area contributed by atoms with Gasteiger partial charge in [-0.1, -0.05) is 0 Å². The topological polar surface area (TPSA) is 78.6 Å². The zero-order valence-electron chi connectivity index (χ0n) is 11.8. The summed E-state index contributed by atoms with van der Waals surface area (Å²) in [6.45, 7) is 0. The molecule has 0 bridgehead atoms. The van der Waals surface area contributed by atoms with Gasteiger partial charge in [-0.3, -0.25) is 4.68 Å². The van der Waals surface area contributed by atoms with Crippen LogP contribution in [0.15, 0.2) is 18.7 Å². The number of hydrogen-bond acceptors (Lipinski definition) is 6. The number of fused-ring (bicyclic) bond motifs is 1. The highest BCUT2D eigenvalue weighted by Gasteiger charge is 2.31. The van der Waals surface area contributed by atoms with Gasteiger partial charge in [-0.15, -0.1) is 0 Å². The summed E-state index contributed by atoms with van der Waals surface area (Å²) in [4.78, 5) is 17.7. The van der Waals surface area contributed by atoms with Crippen molar-refractivity contribution in [2.45, 2.75) is 18.8 Å². The summed E-state index contributed by atoms with van der Waals surface area (Å²) in [7, 11) is 3.46. The van der Waals surface area contributed by atoms with Gasteiger partial charge in [0.15, 0.2) is 11.5 Å². The molecular formula is C14H14N6O. The van der Waals surface area contributed by atoms with Crippen molar-refractivity contribution in [3.63, 3.8) is 0 Å². The summed E-state index contributed by atoms with van der Waals surface area (Å²) in [6, 6.07) is 0. The summed E-state index contributed by atoms with van der Waals surface area (Å²) in [5.41, 5.74) is 2.56. The summed E-state index contributed by atoms with van der Waals surface area (Å²) in [6.07, 6.45) is 7.34. The molecule has 0 aliphatic heterocycles. The van der Waals surface area contributed by atoms with E-state index < -0.39 is 0 Å². The minimum absolute atomic E-state index is 0.461. The van der Waals surface area contributed by atoms with Crippen LogP contribution in [-0.4, -0.2) is 36.8 Å². The standard InChI is InChI=1S/C14H14N6O/c1-20-13-9(6-18-20)5-15-12(19-13)10-11(8-3-4-8)16-7-17-14(10)21-2/h5-8H,3-4H2,1-2H3. The third-order valence-corrected chi connectivity index (χ3v) is 3.70. The smallest absolute Gasteiger partial charge is 0.227 e. The van der Waals surface area contributed by atoms with E-state index in [2.05, 4.69) is 25.0 Å². The van der Waals surface area contributed by atoms with Crippen LogP contribution in [0, 0.1) is 0 Å². The molecular weight excluding hydrogens is 268 g/mol. The number of nitrogens with zero attached hydrogens (tertiary/aromatic N) is 6. The first-order valence-corrected chi connectivity index (χ1v) is 6.82. The van der Waals surface area contributed by atoms with Crippen molar-refractivity contribution >= 4 is 11.0 Å². The van der Waals surface area contributed by atoms with Gasteiger partial charge in [0.25, 0.3) is 0 Å². The van der Waals surface area contributed by atoms with Crippen molar-refractivity contribution in [2.24, 2.45) is 7.05 Å². The van der Waals surface area contributed by atoms with Gasteiger partial charge in [0.2, 0.25) is 5.88 Å². The Labute approximate surface area is 121 Å². The number of rotatable bonds is 3. The van der Waals surface area contributed by atoms with Gasteiger partial charge in [-0.2, -0.15) is 5.10 Å². The Morgan fingerprint density at radius 3 is 2.81 bits per heavy atom. The van der Waals surface area contributed by atoms with Crippen molar-refractivity contribution in [2.75, 3.05) is 7.11 Å². The van der Waals surface area contributed by atoms with E-state index in [0.717, 1.165) is 35.1 Å². The molecule has 3 aromatic rings. The predicted molar refractivity (Wildman–Crippen MR) is 75.9 cm³/mol. The van der Waals surface area contributed by atoms with E-state index in [0.29, 0.717) is 17.6 Å². The Bertz CT molecular complexity index is 823. The average Bonchev–Trinajstić information content (AvgIpc) is 3.31. The Morgan fingerprint density at radius 2 is 2.05 bits per heavy atom. The highest BCUT2D eigenvalue weighted by atomic mass is 16.5. The third kappa shape index (κ3) is 1.93. The molecule has 0 spiro atoms. The van der Waals surface area contributed by atoms with Crippen molar-refractivity contribution < 1.29 is 4.74 Å². The Morgan fingerprint density at radius 1 is 1.19 bits per heavy atom. The maximum absolute atomic E-state index is 5.39. The minimum atomic E-state index is 0.461. The zero-order valence-corrected chi connectivity index (χ0v) is 11.8. The Balaban J connectivity index is 1.96. The molecule has 3 aromatic heterocycles. The molecule has 3 heterocycles. The van der Waals surface area contributed by atoms with Gasteiger partial charge >= 0.3 is 0 Å². The largest absolute Gasteiger partial charge is 0.480 e. The normalized spacial score (nSPS) is 14.6. The second-order valence-electron chi connectivity index (χ2n) is 5.16. The maximum Gasteiger partial charge on any atom is 0.227 e. The Kier molecular flexibility index (Phi) is 2.60. The van der Waals surface area contributed by atoms with E-state index in [4.69, 9.17) is 4.74 Å². The molecule has 7 heteroatoms. The van der Waals surface area contributed by atoms with Crippen LogP contribution in [0.2, 0.25) is 0 Å². The van der Waals surface area contributed by atoms with Crippen molar-refractivity contribution in [1.29, 1.82) is 0 Å². The molecule has 0 radical (unpaired) electrons. The lowest BCUT2D eigenvalue weighted by atomic mass is 10.1. The van der Waals surface area contributed by atoms with Gasteiger partial charge in [0.05, 0.1) is 24.4 Å². The summed E-state index contributed by atoms with van der Waals surface area (Å²) in [5.74, 6) is 1.57. The van der Waals surface area contributed by atoms with Gasteiger partial charge in [0.1, 0.15) is 11.9 Å². The fourth-order valence-electron chi connectivity index (χ4n) is 2.47. The SMILES string of the molecule is COc1ncnc(C2CC2)c1-c1ncc2cnn(C)c2n1. The summed E-state index contributed by atoms with van der Waals surface area (Å²) >= 11 is 0. The van der Waals surface area contributed by atoms with Crippen LogP contribution < -0.4 is 4.74 Å². The van der Waals surface area contributed by atoms with E-state index in [-0.39, 0.29) is 0 Å². The molecule has 0 N–H and O–H groups in total. The van der Waals surface area contributed by atoms with Crippen molar-refractivity contribution in [3.8, 4) is 17.3 Å². The summed E-state index contributed by atoms with van der Waals surface area (Å²) < 4.78 is 7.12. The van der Waals surface area contributed by atoms with Crippen molar-refractivity contribution in [3.05, 3.63) is 24.4 Å². The fraction of sp³-hybridized carbons (Fsp3) is 0.357. The molecule has 4 rings (SSSR count). The molecule has 1 aliphatic rings. The van der Waals surface area contributed by atoms with Crippen LogP contribution in [0.1, 0.15) is 24.5 Å². The zero-order chi connectivity index (χ0) is 14.4. The molecule has 7 nitrogen and oxygen atoms in total. The van der Waals surface area contributed by atoms with Crippen LogP contribution in [-0.2, 0) is 7.05 Å². The van der Waals surface area contributed by atoms with Crippen LogP contribution in [0.5, 0.6) is 5.88 Å². The lowest BCUT2D eigenvalue weighted by Gasteiger charge is -2.10. The van der Waals surface area contributed by atoms with E-state index in [1.807, 2.05) is 7.05 Å². The van der Waals surface area contributed by atoms with Crippen LogP contribution in [0.25, 0.3) is 22.4 Å². The molecule has 0 atom stereocenters. The van der Waals surface area contributed by atoms with E-state index in [1.165, 1.54) is 0 Å². The Hall–Kier alpha value is -2.57. The quantitative estimate of drug-likeness (QED) is 0.727. The van der Waals surface area contributed by atoms with E-state index >= 15 is 0 Å². The monoisotopic (exact) mass is 282 g/mol. The number of hydrogen-bond donors (Lipinski definition) is 0. The minimum Gasteiger partial charge on any atom is -0.480 e. The molecule has 0 unspecified atom stereocenters. The molecule has 0 amide bonds. The van der Waals surface area contributed by atoms with Crippen molar-refractivity contribution in [1.82, 2.24) is 29.7 Å². The fourth-order valence-corrected chi connectivity index (χ4v) is 2.47. The predicted octanol–water partition coefficient (Wildman–Crippen LogP) is 1.71. The van der Waals surface area contributed by atoms with Gasteiger partial charge in [-0.05, 0) is 12.8 Å². The highest BCUT2D eigenvalue weighted by molar-refractivity contribution is 5.77. The second-order valence-corrected chi connectivity index (χ2v) is 5.16. The van der Waals surface area contributed by atoms with Crippen LogP contribution in [0.4, 0.5) is 0 Å². The van der Waals surface area contributed by atoms with E-state index in [9.17, 15) is 0 Å². The number of aromatic nitrogens is 6. The molecule has 21 heavy (non-hydrogen) atoms. The molecule has 106 valence electrons. The molecule has 0 saturated heterocycles. The second kappa shape index (κ2) is 4.47. The van der Waals surface area contributed by atoms with Gasteiger partial charge in [0, 0.05) is 19.2 Å². The van der Waals surface area contributed by atoms with Gasteiger partial charge < -0.3 is 4.74 Å². The maximum atomic E-state index is 5.39. The van der Waals surface area contributed by atoms with Crippen LogP contribution in [0.3, 0.4) is 0 Å². The first kappa shape index (κ1) is 12.2. The molecule has 1 saturated carbocycles. The molecule has 0 aromatic carbocycles. The highest BCUT2D eigenvalue weighted by Crippen LogP contribution is 2.44. The molecule has 1 fully saturated rings. The first-order chi connectivity index (χ1) is 10.3. The number of aryl methyl sites for hydroxylation is 1. The molecule has 1 aliphatic carbocycles. The average molecular weight is 282 g/mol.